The lowest BCUT2D eigenvalue weighted by molar-refractivity contribution is -0.0000321. The second-order valence-electron chi connectivity index (χ2n) is 12.0. The van der Waals surface area contributed by atoms with Gasteiger partial charge in [0.25, 0.3) is 0 Å². The summed E-state index contributed by atoms with van der Waals surface area (Å²) in [6, 6.07) is -0.407. The molecule has 2 aliphatic rings. The second-order valence-corrected chi connectivity index (χ2v) is 17.5. The number of ether oxygens (including phenoxy) is 1. The van der Waals surface area contributed by atoms with Crippen LogP contribution in [0.4, 0.5) is 10.6 Å². The van der Waals surface area contributed by atoms with Gasteiger partial charge in [0.2, 0.25) is 0 Å². The van der Waals surface area contributed by atoms with Crippen molar-refractivity contribution in [3.8, 4) is 0 Å². The Kier molecular flexibility index (Phi) is 8.36. The molecule has 1 unspecified atom stereocenters. The zero-order valence-corrected chi connectivity index (χ0v) is 24.4. The number of nitrogens with one attached hydrogen (secondary N) is 1. The molecule has 1 aromatic rings. The van der Waals surface area contributed by atoms with Crippen molar-refractivity contribution in [2.45, 2.75) is 116 Å². The SMILES string of the molecule is CC1C=CC[C@@H]2c3c(ncnc31)NC[C@@H](CO[Si](C(C)C)(C(C)C)C(C)C)N2C(=O)OC(C)(C)C. The average Bonchev–Trinajstić information content (AvgIpc) is 2.99. The molecule has 3 rings (SSSR count). The molecule has 8 heteroatoms. The van der Waals surface area contributed by atoms with Gasteiger partial charge in [-0.1, -0.05) is 60.6 Å². The molecular weight excluding hydrogens is 456 g/mol. The van der Waals surface area contributed by atoms with E-state index in [2.05, 4.69) is 75.9 Å². The molecule has 0 radical (unpaired) electrons. The molecule has 3 atom stereocenters. The summed E-state index contributed by atoms with van der Waals surface area (Å²) in [5, 5.41) is 3.54. The van der Waals surface area contributed by atoms with Crippen molar-refractivity contribution in [1.82, 2.24) is 14.9 Å². The Morgan fingerprint density at radius 1 is 1.14 bits per heavy atom. The smallest absolute Gasteiger partial charge is 0.411 e. The quantitative estimate of drug-likeness (QED) is 0.340. The Bertz CT molecular complexity index is 904. The summed E-state index contributed by atoms with van der Waals surface area (Å²) in [5.74, 6) is 0.960. The van der Waals surface area contributed by atoms with Gasteiger partial charge in [-0.05, 0) is 43.8 Å². The molecule has 0 saturated heterocycles. The van der Waals surface area contributed by atoms with Crippen molar-refractivity contribution < 1.29 is 14.0 Å². The van der Waals surface area contributed by atoms with Crippen LogP contribution in [-0.2, 0) is 9.16 Å². The fraction of sp³-hybridized carbons (Fsp3) is 0.741. The van der Waals surface area contributed by atoms with Gasteiger partial charge >= 0.3 is 6.09 Å². The van der Waals surface area contributed by atoms with Crippen LogP contribution in [0.25, 0.3) is 0 Å². The number of carbonyl (C=O) groups is 1. The second kappa shape index (κ2) is 10.6. The molecule has 0 fully saturated rings. The lowest BCUT2D eigenvalue weighted by Crippen LogP contribution is -2.54. The third kappa shape index (κ3) is 5.58. The van der Waals surface area contributed by atoms with Crippen LogP contribution in [0, 0.1) is 0 Å². The first-order valence-electron chi connectivity index (χ1n) is 13.2. The topological polar surface area (TPSA) is 76.6 Å². The largest absolute Gasteiger partial charge is 0.444 e. The lowest BCUT2D eigenvalue weighted by atomic mass is 9.98. The minimum atomic E-state index is -2.12. The molecule has 1 amide bonds. The van der Waals surface area contributed by atoms with Crippen LogP contribution >= 0.6 is 0 Å². The summed E-state index contributed by atoms with van der Waals surface area (Å²) >= 11 is 0. The van der Waals surface area contributed by atoms with Crippen LogP contribution in [0.3, 0.4) is 0 Å². The molecule has 0 aromatic carbocycles. The number of hydrogen-bond donors (Lipinski definition) is 1. The van der Waals surface area contributed by atoms with E-state index in [4.69, 9.17) is 9.16 Å². The van der Waals surface area contributed by atoms with Gasteiger partial charge in [-0.3, -0.25) is 4.90 Å². The molecule has 7 nitrogen and oxygen atoms in total. The van der Waals surface area contributed by atoms with Gasteiger partial charge in [0.05, 0.1) is 24.4 Å². The molecule has 1 aliphatic heterocycles. The third-order valence-electron chi connectivity index (χ3n) is 7.53. The fourth-order valence-corrected chi connectivity index (χ4v) is 11.6. The fourth-order valence-electron chi connectivity index (χ4n) is 6.15. The number of amides is 1. The number of allylic oxidation sites excluding steroid dienone is 1. The summed E-state index contributed by atoms with van der Waals surface area (Å²) in [6.07, 6.45) is 6.34. The van der Waals surface area contributed by atoms with Crippen molar-refractivity contribution in [3.63, 3.8) is 0 Å². The van der Waals surface area contributed by atoms with Gasteiger partial charge in [0.1, 0.15) is 17.7 Å². The zero-order valence-electron chi connectivity index (χ0n) is 23.4. The molecule has 1 N–H and O–H groups in total. The van der Waals surface area contributed by atoms with E-state index in [1.165, 1.54) is 0 Å². The molecular formula is C27H46N4O3Si. The van der Waals surface area contributed by atoms with Crippen LogP contribution < -0.4 is 5.32 Å². The van der Waals surface area contributed by atoms with E-state index in [-0.39, 0.29) is 24.1 Å². The molecule has 0 spiro atoms. The van der Waals surface area contributed by atoms with Crippen molar-refractivity contribution in [2.75, 3.05) is 18.5 Å². The maximum Gasteiger partial charge on any atom is 0.411 e. The Morgan fingerprint density at radius 3 is 2.34 bits per heavy atom. The highest BCUT2D eigenvalue weighted by Crippen LogP contribution is 2.44. The van der Waals surface area contributed by atoms with Gasteiger partial charge in [-0.2, -0.15) is 0 Å². The Balaban J connectivity index is 2.06. The zero-order chi connectivity index (χ0) is 26.1. The standard InChI is InChI=1S/C27H46N4O3Si/c1-17(2)35(18(3)4,19(5)6)33-15-21-14-28-25-23-22(31(21)26(32)34-27(8,9)10)13-11-12-20(7)24(23)29-16-30-25/h11-12,16-22H,13-15H2,1-10H3,(H,28,29,30)/t20?,21-,22+/m0/s1. The summed E-state index contributed by atoms with van der Waals surface area (Å²) in [5.41, 5.74) is 2.76. The molecule has 2 heterocycles. The van der Waals surface area contributed by atoms with E-state index in [0.29, 0.717) is 36.2 Å². The minimum Gasteiger partial charge on any atom is -0.444 e. The number of aromatic nitrogens is 2. The molecule has 1 aromatic heterocycles. The monoisotopic (exact) mass is 502 g/mol. The van der Waals surface area contributed by atoms with Crippen LogP contribution in [0.5, 0.6) is 0 Å². The van der Waals surface area contributed by atoms with E-state index in [0.717, 1.165) is 17.1 Å². The lowest BCUT2D eigenvalue weighted by Gasteiger charge is -2.44. The van der Waals surface area contributed by atoms with Crippen molar-refractivity contribution in [2.24, 2.45) is 0 Å². The van der Waals surface area contributed by atoms with E-state index >= 15 is 0 Å². The van der Waals surface area contributed by atoms with Gasteiger partial charge in [-0.15, -0.1) is 0 Å². The van der Waals surface area contributed by atoms with E-state index in [1.807, 2.05) is 25.7 Å². The Morgan fingerprint density at radius 2 is 1.77 bits per heavy atom. The third-order valence-corrected chi connectivity index (χ3v) is 13.6. The van der Waals surface area contributed by atoms with Crippen LogP contribution in [-0.4, -0.2) is 54.1 Å². The Labute approximate surface area is 213 Å². The van der Waals surface area contributed by atoms with Gasteiger partial charge < -0.3 is 14.5 Å². The van der Waals surface area contributed by atoms with E-state index in [9.17, 15) is 4.79 Å². The van der Waals surface area contributed by atoms with Gasteiger partial charge in [0, 0.05) is 18.0 Å². The summed E-state index contributed by atoms with van der Waals surface area (Å²) in [7, 11) is -2.12. The number of hydrogen-bond acceptors (Lipinski definition) is 6. The summed E-state index contributed by atoms with van der Waals surface area (Å²) < 4.78 is 13.0. The molecule has 35 heavy (non-hydrogen) atoms. The van der Waals surface area contributed by atoms with Crippen molar-refractivity contribution in [3.05, 3.63) is 29.7 Å². The van der Waals surface area contributed by atoms with Crippen molar-refractivity contribution >= 4 is 20.2 Å². The van der Waals surface area contributed by atoms with E-state index in [1.54, 1.807) is 6.33 Å². The van der Waals surface area contributed by atoms with Gasteiger partial charge in [-0.25, -0.2) is 14.8 Å². The predicted octanol–water partition coefficient (Wildman–Crippen LogP) is 6.80. The molecule has 0 saturated carbocycles. The number of nitrogens with zero attached hydrogens (tertiary/aromatic N) is 3. The molecule has 196 valence electrons. The highest BCUT2D eigenvalue weighted by Gasteiger charge is 2.47. The first kappa shape index (κ1) is 27.7. The average molecular weight is 503 g/mol. The number of anilines is 1. The normalized spacial score (nSPS) is 22.7. The molecule has 0 bridgehead atoms. The van der Waals surface area contributed by atoms with Gasteiger partial charge in [0.15, 0.2) is 8.32 Å². The maximum atomic E-state index is 13.8. The summed E-state index contributed by atoms with van der Waals surface area (Å²) in [6.45, 7) is 22.6. The number of rotatable bonds is 6. The maximum absolute atomic E-state index is 13.8. The minimum absolute atomic E-state index is 0.148. The first-order valence-corrected chi connectivity index (χ1v) is 15.3. The van der Waals surface area contributed by atoms with Crippen LogP contribution in [0.2, 0.25) is 16.6 Å². The highest BCUT2D eigenvalue weighted by molar-refractivity contribution is 6.77. The Hall–Kier alpha value is -1.93. The van der Waals surface area contributed by atoms with E-state index < -0.39 is 13.9 Å². The van der Waals surface area contributed by atoms with Crippen LogP contribution in [0.1, 0.15) is 98.9 Å². The first-order chi connectivity index (χ1) is 16.3. The summed E-state index contributed by atoms with van der Waals surface area (Å²) in [4.78, 5) is 24.9. The predicted molar refractivity (Wildman–Crippen MR) is 144 cm³/mol. The molecule has 1 aliphatic carbocycles. The van der Waals surface area contributed by atoms with Crippen LogP contribution in [0.15, 0.2) is 18.5 Å². The highest BCUT2D eigenvalue weighted by atomic mass is 28.4. The number of carbonyl (C=O) groups excluding carboxylic acids is 1. The van der Waals surface area contributed by atoms with Crippen molar-refractivity contribution in [1.29, 1.82) is 0 Å².